The van der Waals surface area contributed by atoms with Crippen molar-refractivity contribution in [2.45, 2.75) is 18.2 Å². The maximum atomic E-state index is 12.8. The highest BCUT2D eigenvalue weighted by Crippen LogP contribution is 2.32. The van der Waals surface area contributed by atoms with Gasteiger partial charge in [-0.1, -0.05) is 0 Å². The molecule has 0 N–H and O–H groups in total. The van der Waals surface area contributed by atoms with E-state index in [2.05, 4.69) is 17.4 Å². The van der Waals surface area contributed by atoms with Gasteiger partial charge in [0.1, 0.15) is 6.07 Å². The van der Waals surface area contributed by atoms with Crippen LogP contribution in [0.2, 0.25) is 0 Å². The van der Waals surface area contributed by atoms with E-state index in [1.54, 1.807) is 13.0 Å². The summed E-state index contributed by atoms with van der Waals surface area (Å²) < 4.78 is 30.3. The minimum absolute atomic E-state index is 0.00307. The van der Waals surface area contributed by atoms with Gasteiger partial charge in [0.25, 0.3) is 6.43 Å². The Morgan fingerprint density at radius 1 is 1.59 bits per heavy atom. The second-order valence-corrected chi connectivity index (χ2v) is 3.50. The summed E-state index contributed by atoms with van der Waals surface area (Å²) in [5, 5.41) is 8.70. The van der Waals surface area contributed by atoms with Crippen LogP contribution in [-0.2, 0) is 4.74 Å². The van der Waals surface area contributed by atoms with E-state index in [0.717, 1.165) is 6.07 Å². The lowest BCUT2D eigenvalue weighted by molar-refractivity contribution is 0.0514. The number of benzene rings is 1. The van der Waals surface area contributed by atoms with Gasteiger partial charge in [-0.2, -0.15) is 5.26 Å². The molecule has 0 amide bonds. The molecule has 0 aliphatic carbocycles. The smallest absolute Gasteiger partial charge is 0.338 e. The molecule has 1 aromatic rings. The van der Waals surface area contributed by atoms with Crippen molar-refractivity contribution in [1.82, 2.24) is 0 Å². The molecular weight excluding hydrogens is 248 g/mol. The van der Waals surface area contributed by atoms with E-state index >= 15 is 0 Å². The molecule has 0 aliphatic heterocycles. The standard InChI is InChI=1S/C11H9F2NO2S/c1-2-16-11(15)7-4-3-6(5-14)9(17)8(7)10(12)13/h3-4,10,17H,2H2,1H3. The second-order valence-electron chi connectivity index (χ2n) is 3.06. The van der Waals surface area contributed by atoms with Crippen LogP contribution in [0.15, 0.2) is 17.0 Å². The minimum atomic E-state index is -2.89. The Bertz CT molecular complexity index is 483. The average molecular weight is 257 g/mol. The lowest BCUT2D eigenvalue weighted by Gasteiger charge is -2.11. The monoisotopic (exact) mass is 257 g/mol. The highest BCUT2D eigenvalue weighted by molar-refractivity contribution is 7.80. The van der Waals surface area contributed by atoms with Crippen molar-refractivity contribution in [3.63, 3.8) is 0 Å². The van der Waals surface area contributed by atoms with Crippen LogP contribution in [0.5, 0.6) is 0 Å². The van der Waals surface area contributed by atoms with E-state index in [-0.39, 0.29) is 22.6 Å². The average Bonchev–Trinajstić information content (AvgIpc) is 2.28. The van der Waals surface area contributed by atoms with Crippen LogP contribution < -0.4 is 0 Å². The molecule has 0 saturated carbocycles. The summed E-state index contributed by atoms with van der Waals surface area (Å²) in [6.45, 7) is 1.66. The topological polar surface area (TPSA) is 50.1 Å². The number of thiol groups is 1. The van der Waals surface area contributed by atoms with Crippen LogP contribution >= 0.6 is 12.6 Å². The fourth-order valence-corrected chi connectivity index (χ4v) is 1.65. The molecule has 0 saturated heterocycles. The lowest BCUT2D eigenvalue weighted by atomic mass is 10.0. The van der Waals surface area contributed by atoms with Crippen molar-refractivity contribution < 1.29 is 18.3 Å². The Balaban J connectivity index is 3.37. The Hall–Kier alpha value is -1.61. The Kier molecular flexibility index (Phi) is 4.46. The normalized spacial score (nSPS) is 10.1. The highest BCUT2D eigenvalue weighted by atomic mass is 32.1. The van der Waals surface area contributed by atoms with Crippen LogP contribution in [0.25, 0.3) is 0 Å². The first kappa shape index (κ1) is 13.5. The molecule has 1 rings (SSSR count). The largest absolute Gasteiger partial charge is 0.462 e. The van der Waals surface area contributed by atoms with Gasteiger partial charge in [0, 0.05) is 10.5 Å². The third-order valence-corrected chi connectivity index (χ3v) is 2.53. The molecule has 0 aromatic heterocycles. The van der Waals surface area contributed by atoms with E-state index < -0.39 is 18.0 Å². The molecular formula is C11H9F2NO2S. The zero-order valence-corrected chi connectivity index (χ0v) is 9.80. The zero-order chi connectivity index (χ0) is 13.0. The van der Waals surface area contributed by atoms with Crippen molar-refractivity contribution in [2.75, 3.05) is 6.61 Å². The van der Waals surface area contributed by atoms with Crippen LogP contribution in [0.3, 0.4) is 0 Å². The predicted octanol–water partition coefficient (Wildman–Crippen LogP) is 2.96. The molecule has 0 bridgehead atoms. The quantitative estimate of drug-likeness (QED) is 0.669. The SMILES string of the molecule is CCOC(=O)c1ccc(C#N)c(S)c1C(F)F. The third-order valence-electron chi connectivity index (χ3n) is 2.05. The first-order valence-corrected chi connectivity index (χ1v) is 5.18. The number of esters is 1. The molecule has 0 spiro atoms. The molecule has 0 aliphatic rings. The number of rotatable bonds is 3. The number of ether oxygens (including phenoxy) is 1. The van der Waals surface area contributed by atoms with Gasteiger partial charge in [0.15, 0.2) is 0 Å². The van der Waals surface area contributed by atoms with Crippen LogP contribution in [0.1, 0.15) is 34.8 Å². The Morgan fingerprint density at radius 3 is 2.71 bits per heavy atom. The van der Waals surface area contributed by atoms with Crippen molar-refractivity contribution in [1.29, 1.82) is 5.26 Å². The van der Waals surface area contributed by atoms with Gasteiger partial charge in [0.05, 0.1) is 17.7 Å². The van der Waals surface area contributed by atoms with Crippen molar-refractivity contribution in [2.24, 2.45) is 0 Å². The van der Waals surface area contributed by atoms with Gasteiger partial charge >= 0.3 is 5.97 Å². The summed E-state index contributed by atoms with van der Waals surface area (Å²) in [5.41, 5.74) is -0.826. The fourth-order valence-electron chi connectivity index (χ4n) is 1.31. The van der Waals surface area contributed by atoms with E-state index in [1.165, 1.54) is 6.07 Å². The zero-order valence-electron chi connectivity index (χ0n) is 8.91. The molecule has 6 heteroatoms. The molecule has 0 radical (unpaired) electrons. The highest BCUT2D eigenvalue weighted by Gasteiger charge is 2.23. The van der Waals surface area contributed by atoms with E-state index in [9.17, 15) is 13.6 Å². The Labute approximate surface area is 102 Å². The number of carbonyl (C=O) groups excluding carboxylic acids is 1. The predicted molar refractivity (Wildman–Crippen MR) is 59.3 cm³/mol. The van der Waals surface area contributed by atoms with E-state index in [0.29, 0.717) is 0 Å². The number of hydrogen-bond acceptors (Lipinski definition) is 4. The van der Waals surface area contributed by atoms with Crippen molar-refractivity contribution >= 4 is 18.6 Å². The van der Waals surface area contributed by atoms with Crippen LogP contribution in [-0.4, -0.2) is 12.6 Å². The number of hydrogen-bond donors (Lipinski definition) is 1. The van der Waals surface area contributed by atoms with Gasteiger partial charge < -0.3 is 4.74 Å². The number of carbonyl (C=O) groups is 1. The van der Waals surface area contributed by atoms with Crippen LogP contribution in [0, 0.1) is 11.3 Å². The molecule has 0 heterocycles. The maximum Gasteiger partial charge on any atom is 0.338 e. The lowest BCUT2D eigenvalue weighted by Crippen LogP contribution is -2.10. The first-order valence-electron chi connectivity index (χ1n) is 4.74. The number of alkyl halides is 2. The summed E-state index contributed by atoms with van der Waals surface area (Å²) in [4.78, 5) is 11.3. The van der Waals surface area contributed by atoms with E-state index in [1.807, 2.05) is 0 Å². The minimum Gasteiger partial charge on any atom is -0.462 e. The van der Waals surface area contributed by atoms with E-state index in [4.69, 9.17) is 5.26 Å². The summed E-state index contributed by atoms with van der Waals surface area (Å²) in [7, 11) is 0. The molecule has 0 atom stereocenters. The van der Waals surface area contributed by atoms with Gasteiger partial charge in [-0.15, -0.1) is 12.6 Å². The molecule has 1 aromatic carbocycles. The molecule has 90 valence electrons. The van der Waals surface area contributed by atoms with Crippen molar-refractivity contribution in [3.05, 3.63) is 28.8 Å². The molecule has 0 fully saturated rings. The van der Waals surface area contributed by atoms with Gasteiger partial charge in [0.2, 0.25) is 0 Å². The molecule has 0 unspecified atom stereocenters. The summed E-state index contributed by atoms with van der Waals surface area (Å²) in [5.74, 6) is -0.845. The fraction of sp³-hybridized carbons (Fsp3) is 0.273. The Morgan fingerprint density at radius 2 is 2.24 bits per heavy atom. The van der Waals surface area contributed by atoms with Crippen LogP contribution in [0.4, 0.5) is 8.78 Å². The second kappa shape index (κ2) is 5.64. The van der Waals surface area contributed by atoms with Gasteiger partial charge in [-0.25, -0.2) is 13.6 Å². The molecule has 17 heavy (non-hydrogen) atoms. The third kappa shape index (κ3) is 2.74. The number of halogens is 2. The molecule has 3 nitrogen and oxygen atoms in total. The summed E-state index contributed by atoms with van der Waals surface area (Å²) >= 11 is 3.85. The number of nitriles is 1. The van der Waals surface area contributed by atoms with Gasteiger partial charge in [-0.3, -0.25) is 0 Å². The summed E-state index contributed by atoms with van der Waals surface area (Å²) in [6.07, 6.45) is -2.89. The van der Waals surface area contributed by atoms with Crippen molar-refractivity contribution in [3.8, 4) is 6.07 Å². The maximum absolute atomic E-state index is 12.8. The number of nitrogens with zero attached hydrogens (tertiary/aromatic N) is 1. The summed E-state index contributed by atoms with van der Waals surface area (Å²) in [6, 6.07) is 4.14. The first-order chi connectivity index (χ1) is 8.02. The van der Waals surface area contributed by atoms with Gasteiger partial charge in [-0.05, 0) is 19.1 Å².